The van der Waals surface area contributed by atoms with Crippen LogP contribution in [0, 0.1) is 0 Å². The van der Waals surface area contributed by atoms with E-state index in [9.17, 15) is 13.6 Å². The first-order valence-electron chi connectivity index (χ1n) is 3.85. The van der Waals surface area contributed by atoms with Crippen molar-refractivity contribution in [2.75, 3.05) is 26.7 Å². The molecule has 0 aliphatic carbocycles. The third kappa shape index (κ3) is 2.14. The standard InChI is InChI=1S/C7H12F2N2O/c1-10-4-6(12)11-3-2-7(8,9)5-11/h10H,2-5H2,1H3. The fourth-order valence-corrected chi connectivity index (χ4v) is 1.21. The van der Waals surface area contributed by atoms with Gasteiger partial charge in [0, 0.05) is 13.0 Å². The van der Waals surface area contributed by atoms with Crippen molar-refractivity contribution in [2.24, 2.45) is 0 Å². The van der Waals surface area contributed by atoms with Gasteiger partial charge in [0.1, 0.15) is 0 Å². The zero-order valence-corrected chi connectivity index (χ0v) is 6.94. The van der Waals surface area contributed by atoms with Crippen LogP contribution in [0.15, 0.2) is 0 Å². The number of amides is 1. The maximum Gasteiger partial charge on any atom is 0.267 e. The molecule has 0 unspecified atom stereocenters. The number of rotatable bonds is 2. The normalized spacial score (nSPS) is 21.4. The minimum Gasteiger partial charge on any atom is -0.335 e. The van der Waals surface area contributed by atoms with Gasteiger partial charge in [-0.2, -0.15) is 0 Å². The number of nitrogens with one attached hydrogen (secondary N) is 1. The molecule has 0 aromatic carbocycles. The smallest absolute Gasteiger partial charge is 0.267 e. The van der Waals surface area contributed by atoms with E-state index in [2.05, 4.69) is 5.32 Å². The summed E-state index contributed by atoms with van der Waals surface area (Å²) in [7, 11) is 1.62. The molecule has 5 heteroatoms. The average Bonchev–Trinajstić information content (AvgIpc) is 2.31. The predicted octanol–water partition coefficient (Wildman–Crippen LogP) is 0.0734. The topological polar surface area (TPSA) is 32.3 Å². The molecule has 3 nitrogen and oxygen atoms in total. The summed E-state index contributed by atoms with van der Waals surface area (Å²) in [6, 6.07) is 0. The molecule has 12 heavy (non-hydrogen) atoms. The molecular weight excluding hydrogens is 166 g/mol. The van der Waals surface area contributed by atoms with Crippen LogP contribution < -0.4 is 5.32 Å². The van der Waals surface area contributed by atoms with Crippen molar-refractivity contribution in [3.63, 3.8) is 0 Å². The number of nitrogens with zero attached hydrogens (tertiary/aromatic N) is 1. The Morgan fingerprint density at radius 2 is 2.33 bits per heavy atom. The zero-order chi connectivity index (χ0) is 9.19. The second-order valence-corrected chi connectivity index (χ2v) is 2.95. The third-order valence-electron chi connectivity index (χ3n) is 1.85. The summed E-state index contributed by atoms with van der Waals surface area (Å²) >= 11 is 0. The van der Waals surface area contributed by atoms with Crippen LogP contribution in [0.3, 0.4) is 0 Å². The van der Waals surface area contributed by atoms with Crippen LogP contribution in [0.2, 0.25) is 0 Å². The first kappa shape index (κ1) is 9.38. The van der Waals surface area contributed by atoms with E-state index in [4.69, 9.17) is 0 Å². The van der Waals surface area contributed by atoms with Crippen LogP contribution in [-0.2, 0) is 4.79 Å². The van der Waals surface area contributed by atoms with Gasteiger partial charge in [-0.15, -0.1) is 0 Å². The van der Waals surface area contributed by atoms with Gasteiger partial charge in [0.25, 0.3) is 5.92 Å². The summed E-state index contributed by atoms with van der Waals surface area (Å²) in [5.41, 5.74) is 0. The van der Waals surface area contributed by atoms with Crippen LogP contribution in [-0.4, -0.2) is 43.4 Å². The Hall–Kier alpha value is -0.710. The molecule has 0 spiro atoms. The van der Waals surface area contributed by atoms with E-state index in [-0.39, 0.29) is 25.4 Å². The lowest BCUT2D eigenvalue weighted by Crippen LogP contribution is -2.36. The summed E-state index contributed by atoms with van der Waals surface area (Å²) < 4.78 is 25.2. The van der Waals surface area contributed by atoms with Crippen molar-refractivity contribution < 1.29 is 13.6 Å². The van der Waals surface area contributed by atoms with Gasteiger partial charge in [-0.05, 0) is 7.05 Å². The van der Waals surface area contributed by atoms with E-state index in [0.717, 1.165) is 0 Å². The monoisotopic (exact) mass is 178 g/mol. The van der Waals surface area contributed by atoms with Crippen LogP contribution in [0.4, 0.5) is 8.78 Å². The van der Waals surface area contributed by atoms with Gasteiger partial charge in [-0.3, -0.25) is 4.79 Å². The Balaban J connectivity index is 2.41. The summed E-state index contributed by atoms with van der Waals surface area (Å²) in [4.78, 5) is 12.3. The molecule has 0 radical (unpaired) electrons. The van der Waals surface area contributed by atoms with Crippen LogP contribution in [0.5, 0.6) is 0 Å². The van der Waals surface area contributed by atoms with E-state index < -0.39 is 12.5 Å². The molecule has 70 valence electrons. The number of likely N-dealkylation sites (tertiary alicyclic amines) is 1. The minimum absolute atomic E-state index is 0.135. The number of carbonyl (C=O) groups is 1. The zero-order valence-electron chi connectivity index (χ0n) is 6.94. The molecule has 0 aromatic heterocycles. The van der Waals surface area contributed by atoms with Crippen molar-refractivity contribution in [1.82, 2.24) is 10.2 Å². The predicted molar refractivity (Wildman–Crippen MR) is 40.1 cm³/mol. The second-order valence-electron chi connectivity index (χ2n) is 2.95. The van der Waals surface area contributed by atoms with Gasteiger partial charge < -0.3 is 10.2 Å². The molecule has 1 amide bonds. The molecule has 1 rings (SSSR count). The third-order valence-corrected chi connectivity index (χ3v) is 1.85. The number of halogens is 2. The lowest BCUT2D eigenvalue weighted by molar-refractivity contribution is -0.130. The highest BCUT2D eigenvalue weighted by molar-refractivity contribution is 5.78. The fraction of sp³-hybridized carbons (Fsp3) is 0.857. The highest BCUT2D eigenvalue weighted by Gasteiger charge is 2.39. The van der Waals surface area contributed by atoms with Crippen molar-refractivity contribution in [3.05, 3.63) is 0 Å². The van der Waals surface area contributed by atoms with E-state index >= 15 is 0 Å². The minimum atomic E-state index is -2.68. The Bertz CT molecular complexity index is 184. The van der Waals surface area contributed by atoms with Crippen molar-refractivity contribution >= 4 is 5.91 Å². The Labute approximate surface area is 69.7 Å². The van der Waals surface area contributed by atoms with Gasteiger partial charge in [0.15, 0.2) is 0 Å². The molecule has 1 saturated heterocycles. The molecule has 1 fully saturated rings. The number of carbonyl (C=O) groups excluding carboxylic acids is 1. The fourth-order valence-electron chi connectivity index (χ4n) is 1.21. The van der Waals surface area contributed by atoms with Crippen molar-refractivity contribution in [1.29, 1.82) is 0 Å². The molecule has 0 aromatic rings. The molecule has 1 heterocycles. The first-order chi connectivity index (χ1) is 5.55. The maximum atomic E-state index is 12.6. The quantitative estimate of drug-likeness (QED) is 0.649. The molecule has 0 saturated carbocycles. The molecule has 0 atom stereocenters. The van der Waals surface area contributed by atoms with E-state index in [1.807, 2.05) is 0 Å². The highest BCUT2D eigenvalue weighted by atomic mass is 19.3. The summed E-state index contributed by atoms with van der Waals surface area (Å²) in [6.45, 7) is -0.114. The Morgan fingerprint density at radius 1 is 1.67 bits per heavy atom. The maximum absolute atomic E-state index is 12.6. The first-order valence-corrected chi connectivity index (χ1v) is 3.85. The Kier molecular flexibility index (Phi) is 2.62. The number of alkyl halides is 2. The Morgan fingerprint density at radius 3 is 2.75 bits per heavy atom. The molecule has 1 aliphatic rings. The van der Waals surface area contributed by atoms with Crippen molar-refractivity contribution in [3.8, 4) is 0 Å². The van der Waals surface area contributed by atoms with E-state index in [0.29, 0.717) is 0 Å². The molecule has 1 N–H and O–H groups in total. The SMILES string of the molecule is CNCC(=O)N1CCC(F)(F)C1. The lowest BCUT2D eigenvalue weighted by Gasteiger charge is -2.15. The largest absolute Gasteiger partial charge is 0.335 e. The van der Waals surface area contributed by atoms with Gasteiger partial charge >= 0.3 is 0 Å². The lowest BCUT2D eigenvalue weighted by atomic mass is 10.3. The van der Waals surface area contributed by atoms with Crippen molar-refractivity contribution in [2.45, 2.75) is 12.3 Å². The average molecular weight is 178 g/mol. The van der Waals surface area contributed by atoms with Crippen LogP contribution in [0.1, 0.15) is 6.42 Å². The molecular formula is C7H12F2N2O. The number of hydrogen-bond donors (Lipinski definition) is 1. The second kappa shape index (κ2) is 3.35. The van der Waals surface area contributed by atoms with E-state index in [1.165, 1.54) is 4.90 Å². The van der Waals surface area contributed by atoms with E-state index in [1.54, 1.807) is 7.05 Å². The summed E-state index contributed by atoms with van der Waals surface area (Å²) in [5, 5.41) is 2.64. The molecule has 1 aliphatic heterocycles. The summed E-state index contributed by atoms with van der Waals surface area (Å²) in [6.07, 6.45) is -0.206. The number of hydrogen-bond acceptors (Lipinski definition) is 2. The summed E-state index contributed by atoms with van der Waals surface area (Å²) in [5.74, 6) is -2.93. The van der Waals surface area contributed by atoms with Gasteiger partial charge in [0.2, 0.25) is 5.91 Å². The van der Waals surface area contributed by atoms with Gasteiger partial charge in [-0.1, -0.05) is 0 Å². The number of likely N-dealkylation sites (N-methyl/N-ethyl adjacent to an activating group) is 1. The van der Waals surface area contributed by atoms with Gasteiger partial charge in [-0.25, -0.2) is 8.78 Å². The van der Waals surface area contributed by atoms with Crippen LogP contribution >= 0.6 is 0 Å². The van der Waals surface area contributed by atoms with Crippen LogP contribution in [0.25, 0.3) is 0 Å². The van der Waals surface area contributed by atoms with Gasteiger partial charge in [0.05, 0.1) is 13.1 Å². The highest BCUT2D eigenvalue weighted by Crippen LogP contribution is 2.26. The molecule has 0 bridgehead atoms.